The number of thiophene rings is 1. The first kappa shape index (κ1) is 16.7. The van der Waals surface area contributed by atoms with E-state index in [-0.39, 0.29) is 11.6 Å². The minimum absolute atomic E-state index is 0.104. The lowest BCUT2D eigenvalue weighted by Gasteiger charge is -2.10. The molecule has 0 saturated carbocycles. The highest BCUT2D eigenvalue weighted by Gasteiger charge is 2.16. The van der Waals surface area contributed by atoms with E-state index >= 15 is 0 Å². The molecule has 0 spiro atoms. The van der Waals surface area contributed by atoms with Gasteiger partial charge in [0.1, 0.15) is 11.5 Å². The quantitative estimate of drug-likeness (QED) is 0.680. The Bertz CT molecular complexity index is 897. The molecule has 2 aromatic heterocycles. The van der Waals surface area contributed by atoms with Crippen LogP contribution in [0.3, 0.4) is 0 Å². The average Bonchev–Trinajstić information content (AvgIpc) is 3.28. The predicted octanol–water partition coefficient (Wildman–Crippen LogP) is 4.06. The fourth-order valence-corrected chi connectivity index (χ4v) is 2.82. The summed E-state index contributed by atoms with van der Waals surface area (Å²) in [7, 11) is 0. The van der Waals surface area contributed by atoms with Gasteiger partial charge in [-0.2, -0.15) is 11.3 Å². The van der Waals surface area contributed by atoms with Crippen LogP contribution in [0.1, 0.15) is 21.7 Å². The van der Waals surface area contributed by atoms with Crippen LogP contribution in [0, 0.1) is 6.92 Å². The van der Waals surface area contributed by atoms with Crippen LogP contribution < -0.4 is 10.6 Å². The molecule has 0 unspecified atom stereocenters. The Morgan fingerprint density at radius 2 is 2.04 bits per heavy atom. The number of furan rings is 1. The van der Waals surface area contributed by atoms with Crippen molar-refractivity contribution in [3.63, 3.8) is 0 Å². The molecule has 0 aliphatic heterocycles. The van der Waals surface area contributed by atoms with Gasteiger partial charge in [-0.1, -0.05) is 12.1 Å². The van der Waals surface area contributed by atoms with Crippen molar-refractivity contribution >= 4 is 34.9 Å². The number of hydrogen-bond donors (Lipinski definition) is 2. The molecule has 25 heavy (non-hydrogen) atoms. The van der Waals surface area contributed by atoms with Crippen LogP contribution in [0.2, 0.25) is 0 Å². The smallest absolute Gasteiger partial charge is 0.272 e. The molecule has 0 aliphatic rings. The van der Waals surface area contributed by atoms with Gasteiger partial charge in [-0.15, -0.1) is 0 Å². The number of amides is 2. The van der Waals surface area contributed by atoms with Crippen LogP contribution in [-0.4, -0.2) is 11.8 Å². The second-order valence-electron chi connectivity index (χ2n) is 5.36. The Labute approximate surface area is 149 Å². The molecule has 0 aliphatic carbocycles. The monoisotopic (exact) mass is 352 g/mol. The van der Waals surface area contributed by atoms with Gasteiger partial charge >= 0.3 is 0 Å². The maximum atomic E-state index is 12.6. The summed E-state index contributed by atoms with van der Waals surface area (Å²) in [6.45, 7) is 1.94. The van der Waals surface area contributed by atoms with Crippen molar-refractivity contribution in [3.8, 4) is 0 Å². The molecule has 2 heterocycles. The van der Waals surface area contributed by atoms with Crippen LogP contribution in [-0.2, 0) is 4.79 Å². The second kappa shape index (κ2) is 7.63. The third-order valence-electron chi connectivity index (χ3n) is 3.38. The van der Waals surface area contributed by atoms with Crippen molar-refractivity contribution in [1.82, 2.24) is 5.32 Å². The zero-order chi connectivity index (χ0) is 17.6. The van der Waals surface area contributed by atoms with E-state index in [1.165, 1.54) is 23.7 Å². The van der Waals surface area contributed by atoms with Gasteiger partial charge in [-0.25, -0.2) is 0 Å². The van der Waals surface area contributed by atoms with Crippen molar-refractivity contribution in [2.24, 2.45) is 0 Å². The standard InChI is InChI=1S/C19H16N2O3S/c1-13-4-2-5-15(10-13)20-19(23)17(11-16-6-3-8-24-16)21-18(22)14-7-9-25-12-14/h2-12H,1H3,(H,20,23)(H,21,22)/b17-11+. The summed E-state index contributed by atoms with van der Waals surface area (Å²) >= 11 is 1.41. The summed E-state index contributed by atoms with van der Waals surface area (Å²) in [6.07, 6.45) is 3.00. The molecule has 2 N–H and O–H groups in total. The van der Waals surface area contributed by atoms with E-state index in [0.29, 0.717) is 17.0 Å². The van der Waals surface area contributed by atoms with Crippen molar-refractivity contribution < 1.29 is 14.0 Å². The number of carbonyl (C=O) groups is 2. The Kier molecular flexibility index (Phi) is 5.11. The highest BCUT2D eigenvalue weighted by Crippen LogP contribution is 2.13. The summed E-state index contributed by atoms with van der Waals surface area (Å²) in [4.78, 5) is 24.9. The van der Waals surface area contributed by atoms with E-state index < -0.39 is 5.91 Å². The molecular formula is C19H16N2O3S. The van der Waals surface area contributed by atoms with Crippen LogP contribution in [0.25, 0.3) is 6.08 Å². The Balaban J connectivity index is 1.83. The lowest BCUT2D eigenvalue weighted by molar-refractivity contribution is -0.113. The van der Waals surface area contributed by atoms with E-state index in [1.54, 1.807) is 35.0 Å². The molecule has 0 radical (unpaired) electrons. The summed E-state index contributed by atoms with van der Waals surface area (Å²) in [5, 5.41) is 8.96. The number of carbonyl (C=O) groups excluding carboxylic acids is 2. The number of hydrogen-bond acceptors (Lipinski definition) is 4. The number of anilines is 1. The number of aryl methyl sites for hydroxylation is 1. The topological polar surface area (TPSA) is 71.3 Å². The Morgan fingerprint density at radius 1 is 1.16 bits per heavy atom. The van der Waals surface area contributed by atoms with E-state index in [1.807, 2.05) is 25.1 Å². The van der Waals surface area contributed by atoms with E-state index in [9.17, 15) is 9.59 Å². The first-order valence-electron chi connectivity index (χ1n) is 7.58. The number of nitrogens with one attached hydrogen (secondary N) is 2. The molecule has 0 saturated heterocycles. The Morgan fingerprint density at radius 3 is 2.72 bits per heavy atom. The highest BCUT2D eigenvalue weighted by atomic mass is 32.1. The third-order valence-corrected chi connectivity index (χ3v) is 4.07. The van der Waals surface area contributed by atoms with E-state index in [4.69, 9.17) is 4.42 Å². The zero-order valence-corrected chi connectivity index (χ0v) is 14.3. The normalized spacial score (nSPS) is 11.2. The lowest BCUT2D eigenvalue weighted by Crippen LogP contribution is -2.30. The third kappa shape index (κ3) is 4.45. The van der Waals surface area contributed by atoms with Crippen molar-refractivity contribution in [2.45, 2.75) is 6.92 Å². The average molecular weight is 352 g/mol. The molecule has 5 nitrogen and oxygen atoms in total. The Hall–Kier alpha value is -3.12. The first-order valence-corrected chi connectivity index (χ1v) is 8.53. The van der Waals surface area contributed by atoms with Crippen molar-refractivity contribution in [2.75, 3.05) is 5.32 Å². The fourth-order valence-electron chi connectivity index (χ4n) is 2.18. The summed E-state index contributed by atoms with van der Waals surface area (Å²) < 4.78 is 5.25. The van der Waals surface area contributed by atoms with Crippen molar-refractivity contribution in [3.05, 3.63) is 82.1 Å². The van der Waals surface area contributed by atoms with Gasteiger partial charge < -0.3 is 15.1 Å². The van der Waals surface area contributed by atoms with Crippen LogP contribution in [0.15, 0.2) is 69.6 Å². The molecule has 0 atom stereocenters. The lowest BCUT2D eigenvalue weighted by atomic mass is 10.2. The van der Waals surface area contributed by atoms with Gasteiger partial charge in [-0.05, 0) is 48.2 Å². The zero-order valence-electron chi connectivity index (χ0n) is 13.5. The molecule has 3 rings (SSSR count). The minimum atomic E-state index is -0.425. The molecule has 0 bridgehead atoms. The molecule has 6 heteroatoms. The van der Waals surface area contributed by atoms with E-state index in [0.717, 1.165) is 5.56 Å². The molecule has 0 fully saturated rings. The van der Waals surface area contributed by atoms with Crippen LogP contribution >= 0.6 is 11.3 Å². The van der Waals surface area contributed by atoms with Gasteiger partial charge in [0.05, 0.1) is 11.8 Å². The maximum Gasteiger partial charge on any atom is 0.272 e. The second-order valence-corrected chi connectivity index (χ2v) is 6.14. The molecule has 126 valence electrons. The SMILES string of the molecule is Cc1cccc(NC(=O)/C(=C\c2ccco2)NC(=O)c2ccsc2)c1. The minimum Gasteiger partial charge on any atom is -0.465 e. The van der Waals surface area contributed by atoms with Gasteiger partial charge in [0.2, 0.25) is 0 Å². The summed E-state index contributed by atoms with van der Waals surface area (Å²) in [6, 6.07) is 12.5. The van der Waals surface area contributed by atoms with Crippen LogP contribution in [0.4, 0.5) is 5.69 Å². The van der Waals surface area contributed by atoms with Crippen LogP contribution in [0.5, 0.6) is 0 Å². The maximum absolute atomic E-state index is 12.6. The van der Waals surface area contributed by atoms with Crippen molar-refractivity contribution in [1.29, 1.82) is 0 Å². The molecular weight excluding hydrogens is 336 g/mol. The summed E-state index contributed by atoms with van der Waals surface area (Å²) in [5.74, 6) is -0.302. The molecule has 2 amide bonds. The fraction of sp³-hybridized carbons (Fsp3) is 0.0526. The first-order chi connectivity index (χ1) is 12.1. The highest BCUT2D eigenvalue weighted by molar-refractivity contribution is 7.08. The van der Waals surface area contributed by atoms with E-state index in [2.05, 4.69) is 10.6 Å². The summed E-state index contributed by atoms with van der Waals surface area (Å²) in [5.41, 5.74) is 2.28. The number of benzene rings is 1. The van der Waals surface area contributed by atoms with Gasteiger partial charge in [-0.3, -0.25) is 9.59 Å². The van der Waals surface area contributed by atoms with Gasteiger partial charge in [0, 0.05) is 17.1 Å². The van der Waals surface area contributed by atoms with Gasteiger partial charge in [0.15, 0.2) is 0 Å². The largest absolute Gasteiger partial charge is 0.465 e. The molecule has 3 aromatic rings. The van der Waals surface area contributed by atoms with Gasteiger partial charge in [0.25, 0.3) is 11.8 Å². The number of rotatable bonds is 5. The molecule has 1 aromatic carbocycles. The predicted molar refractivity (Wildman–Crippen MR) is 98.3 cm³/mol.